The zero-order valence-corrected chi connectivity index (χ0v) is 21.0. The Morgan fingerprint density at radius 3 is 2.63 bits per heavy atom. The van der Waals surface area contributed by atoms with E-state index in [4.69, 9.17) is 4.65 Å². The molecule has 4 rings (SSSR count). The number of urea groups is 1. The molecule has 1 saturated heterocycles. The highest BCUT2D eigenvalue weighted by Crippen LogP contribution is 2.37. The highest BCUT2D eigenvalue weighted by molar-refractivity contribution is 6.47. The summed E-state index contributed by atoms with van der Waals surface area (Å²) in [6.07, 6.45) is 3.36. The van der Waals surface area contributed by atoms with Crippen LogP contribution in [0.15, 0.2) is 42.7 Å². The number of carboxylic acids is 1. The molecule has 1 fully saturated rings. The zero-order chi connectivity index (χ0) is 27.6. The van der Waals surface area contributed by atoms with E-state index >= 15 is 0 Å². The van der Waals surface area contributed by atoms with E-state index in [1.165, 1.54) is 11.0 Å². The number of aromatic carboxylic acids is 1. The number of fused-ring (bicyclic) bond motifs is 1. The first-order valence-corrected chi connectivity index (χ1v) is 12.2. The molecule has 1 aromatic heterocycles. The van der Waals surface area contributed by atoms with Gasteiger partial charge in [-0.25, -0.2) is 14.2 Å². The van der Waals surface area contributed by atoms with Crippen molar-refractivity contribution in [3.05, 3.63) is 59.4 Å². The molecule has 1 unspecified atom stereocenters. The highest BCUT2D eigenvalue weighted by Gasteiger charge is 2.41. The van der Waals surface area contributed by atoms with Crippen LogP contribution in [0.4, 0.5) is 4.79 Å². The lowest BCUT2D eigenvalue weighted by Gasteiger charge is -2.33. The Balaban J connectivity index is 1.55. The fourth-order valence-electron chi connectivity index (χ4n) is 4.71. The average molecular weight is 523 g/mol. The lowest BCUT2D eigenvalue weighted by molar-refractivity contribution is -0.672. The van der Waals surface area contributed by atoms with E-state index in [0.717, 1.165) is 4.90 Å². The van der Waals surface area contributed by atoms with Crippen molar-refractivity contribution in [2.75, 3.05) is 19.6 Å². The van der Waals surface area contributed by atoms with E-state index in [9.17, 15) is 34.1 Å². The summed E-state index contributed by atoms with van der Waals surface area (Å²) in [5.41, 5.74) is 0.896. The third-order valence-corrected chi connectivity index (χ3v) is 6.74. The Kier molecular flexibility index (Phi) is 7.76. The molecule has 0 spiro atoms. The van der Waals surface area contributed by atoms with Crippen molar-refractivity contribution in [3.63, 3.8) is 0 Å². The van der Waals surface area contributed by atoms with Gasteiger partial charge >= 0.3 is 30.9 Å². The number of nitrogens with one attached hydrogen (secondary N) is 1. The van der Waals surface area contributed by atoms with E-state index in [2.05, 4.69) is 5.32 Å². The lowest BCUT2D eigenvalue weighted by Crippen LogP contribution is -2.58. The van der Waals surface area contributed by atoms with Crippen molar-refractivity contribution in [3.8, 4) is 5.75 Å². The minimum Gasteiger partial charge on any atom is -0.535 e. The second-order valence-corrected chi connectivity index (χ2v) is 9.27. The number of imide groups is 1. The third kappa shape index (κ3) is 5.37. The number of hydrogen-bond donors (Lipinski definition) is 3. The summed E-state index contributed by atoms with van der Waals surface area (Å²) in [6, 6.07) is 5.88. The minimum atomic E-state index is -1.45. The number of aromatic nitrogens is 1. The molecule has 2 aliphatic heterocycles. The van der Waals surface area contributed by atoms with Gasteiger partial charge in [-0.2, -0.15) is 0 Å². The van der Waals surface area contributed by atoms with Crippen LogP contribution in [0.25, 0.3) is 0 Å². The monoisotopic (exact) mass is 523 g/mol. The van der Waals surface area contributed by atoms with Gasteiger partial charge in [0.25, 0.3) is 0 Å². The Bertz CT molecular complexity index is 1300. The van der Waals surface area contributed by atoms with Crippen LogP contribution in [-0.4, -0.2) is 76.3 Å². The number of nitrogens with zero attached hydrogens (tertiary/aromatic N) is 3. The molecule has 1 aromatic carbocycles. The summed E-state index contributed by atoms with van der Waals surface area (Å²) < 4.78 is 7.19. The van der Waals surface area contributed by atoms with Crippen molar-refractivity contribution < 1.29 is 43.3 Å². The first-order chi connectivity index (χ1) is 18.1. The van der Waals surface area contributed by atoms with Gasteiger partial charge in [-0.3, -0.25) is 19.3 Å². The molecule has 0 saturated carbocycles. The number of likely N-dealkylation sites (N-methyl/N-ethyl adjacent to an activating group) is 1. The van der Waals surface area contributed by atoms with E-state index < -0.39 is 48.6 Å². The van der Waals surface area contributed by atoms with Crippen molar-refractivity contribution in [2.45, 2.75) is 31.6 Å². The number of rotatable bonds is 7. The number of carbonyl (C=O) groups is 5. The fraction of sp³-hybridized carbons (Fsp3) is 0.360. The van der Waals surface area contributed by atoms with Crippen LogP contribution in [0.2, 0.25) is 5.82 Å². The Labute approximate surface area is 218 Å². The lowest BCUT2D eigenvalue weighted by atomic mass is 9.64. The number of benzene rings is 1. The normalized spacial score (nSPS) is 18.0. The predicted molar refractivity (Wildman–Crippen MR) is 132 cm³/mol. The maximum Gasteiger partial charge on any atom is 0.526 e. The van der Waals surface area contributed by atoms with Crippen LogP contribution in [0.3, 0.4) is 0 Å². The quantitative estimate of drug-likeness (QED) is 0.262. The van der Waals surface area contributed by atoms with E-state index in [1.807, 2.05) is 0 Å². The Morgan fingerprint density at radius 1 is 1.18 bits per heavy atom. The topological polar surface area (TPSA) is 157 Å². The average Bonchev–Trinajstić information content (AvgIpc) is 2.88. The van der Waals surface area contributed by atoms with Crippen molar-refractivity contribution in [2.24, 2.45) is 7.05 Å². The number of carboxylic acid groups (broad SMARTS) is 1. The number of aryl methyl sites for hydroxylation is 1. The number of piperazine rings is 1. The number of pyridine rings is 1. The number of amides is 4. The van der Waals surface area contributed by atoms with Gasteiger partial charge in [0.1, 0.15) is 18.8 Å². The molecule has 2 aromatic rings. The summed E-state index contributed by atoms with van der Waals surface area (Å²) in [6.45, 7) is 2.25. The van der Waals surface area contributed by atoms with Crippen LogP contribution < -0.4 is 14.5 Å². The van der Waals surface area contributed by atoms with Gasteiger partial charge in [-0.15, -0.1) is 0 Å². The zero-order valence-electron chi connectivity index (χ0n) is 21.0. The van der Waals surface area contributed by atoms with Gasteiger partial charge in [0, 0.05) is 43.5 Å². The van der Waals surface area contributed by atoms with E-state index in [-0.39, 0.29) is 37.2 Å². The number of para-hydroxylation sites is 1. The largest absolute Gasteiger partial charge is 0.535 e. The molecular weight excluding hydrogens is 495 g/mol. The molecule has 198 valence electrons. The molecule has 0 aliphatic carbocycles. The highest BCUT2D eigenvalue weighted by atomic mass is 16.5. The van der Waals surface area contributed by atoms with Crippen LogP contribution in [0.1, 0.15) is 40.9 Å². The van der Waals surface area contributed by atoms with Crippen LogP contribution in [-0.2, 0) is 27.9 Å². The Hall–Kier alpha value is -4.26. The van der Waals surface area contributed by atoms with Crippen molar-refractivity contribution in [1.29, 1.82) is 0 Å². The second kappa shape index (κ2) is 11.0. The number of hydrogen-bond acceptors (Lipinski definition) is 7. The molecule has 4 amide bonds. The van der Waals surface area contributed by atoms with Crippen molar-refractivity contribution >= 4 is 36.7 Å². The molecule has 12 nitrogen and oxygen atoms in total. The molecule has 0 radical (unpaired) electrons. The first kappa shape index (κ1) is 26.8. The van der Waals surface area contributed by atoms with E-state index in [1.54, 1.807) is 55.2 Å². The van der Waals surface area contributed by atoms with Crippen molar-refractivity contribution in [1.82, 2.24) is 15.1 Å². The third-order valence-electron chi connectivity index (χ3n) is 6.74. The summed E-state index contributed by atoms with van der Waals surface area (Å²) in [4.78, 5) is 65.1. The molecule has 2 atom stereocenters. The number of ketones is 1. The SMILES string of the molecule is CCN1CCN(C(=O)NC(C(=O)C[C@H]2Cc3cccc(C(=O)O)c3OB2O)c2ccc[n+](C)c2)C(=O)C1=O. The van der Waals surface area contributed by atoms with E-state index in [0.29, 0.717) is 17.7 Å². The van der Waals surface area contributed by atoms with Gasteiger partial charge in [0.2, 0.25) is 0 Å². The maximum absolute atomic E-state index is 13.6. The van der Waals surface area contributed by atoms with Gasteiger partial charge in [-0.05, 0) is 31.0 Å². The second-order valence-electron chi connectivity index (χ2n) is 9.27. The molecule has 2 aliphatic rings. The summed E-state index contributed by atoms with van der Waals surface area (Å²) in [5, 5.41) is 22.6. The molecule has 3 heterocycles. The van der Waals surface area contributed by atoms with Crippen LogP contribution in [0.5, 0.6) is 5.75 Å². The van der Waals surface area contributed by atoms with Gasteiger partial charge < -0.3 is 25.0 Å². The molecule has 3 N–H and O–H groups in total. The maximum atomic E-state index is 13.6. The van der Waals surface area contributed by atoms with Gasteiger partial charge in [-0.1, -0.05) is 12.1 Å². The summed E-state index contributed by atoms with van der Waals surface area (Å²) >= 11 is 0. The number of Topliss-reactive ketones (excluding diaryl/α,β-unsaturated/α-hetero) is 1. The van der Waals surface area contributed by atoms with Crippen LogP contribution >= 0.6 is 0 Å². The summed E-state index contributed by atoms with van der Waals surface area (Å²) in [7, 11) is 0.297. The molecule has 0 bridgehead atoms. The fourth-order valence-corrected chi connectivity index (χ4v) is 4.71. The van der Waals surface area contributed by atoms with Gasteiger partial charge in [0.15, 0.2) is 18.2 Å². The first-order valence-electron chi connectivity index (χ1n) is 12.2. The molecule has 13 heteroatoms. The Morgan fingerprint density at radius 2 is 1.95 bits per heavy atom. The standard InChI is InChI=1S/C25H27BN4O8/c1-3-29-10-11-30(23(33)22(29)32)25(36)27-20(16-7-5-9-28(2)14-16)19(31)13-17-12-15-6-4-8-18(24(34)35)21(15)38-26(17)37/h4-9,14,17,20,37H,3,10-13H2,1-2H3,(H-,27,34,35,36)/p+1/t17-,20?/m1/s1. The van der Waals surface area contributed by atoms with Crippen LogP contribution in [0, 0.1) is 0 Å². The number of carbonyl (C=O) groups excluding carboxylic acids is 4. The minimum absolute atomic E-state index is 0.00833. The molecular formula is C25H28BN4O8+. The summed E-state index contributed by atoms with van der Waals surface area (Å²) in [5.74, 6) is -4.07. The smallest absolute Gasteiger partial charge is 0.526 e. The van der Waals surface area contributed by atoms with Gasteiger partial charge in [0.05, 0.1) is 5.56 Å². The molecule has 38 heavy (non-hydrogen) atoms. The predicted octanol–water partition coefficient (Wildman–Crippen LogP) is 0.0957.